The van der Waals surface area contributed by atoms with Gasteiger partial charge in [0.05, 0.1) is 17.2 Å². The zero-order valence-corrected chi connectivity index (χ0v) is 11.5. The normalized spacial score (nSPS) is 10.1. The number of amides is 1. The number of nitrogens with zero attached hydrogens (tertiary/aromatic N) is 1. The monoisotopic (exact) mass is 296 g/mol. The molecule has 1 aromatic carbocycles. The maximum absolute atomic E-state index is 12.0. The zero-order chi connectivity index (χ0) is 13.8. The number of hydrogen-bond donors (Lipinski definition) is 1. The number of ether oxygens (including phenoxy) is 1. The van der Waals surface area contributed by atoms with Gasteiger partial charge in [-0.1, -0.05) is 23.2 Å². The molecule has 4 nitrogen and oxygen atoms in total. The van der Waals surface area contributed by atoms with Crippen molar-refractivity contribution in [1.29, 1.82) is 0 Å². The maximum atomic E-state index is 12.0. The number of rotatable bonds is 3. The van der Waals surface area contributed by atoms with Gasteiger partial charge in [0.1, 0.15) is 0 Å². The fraction of sp³-hybridized carbons (Fsp3) is 0.0769. The molecule has 0 aliphatic rings. The van der Waals surface area contributed by atoms with Crippen LogP contribution in [0.5, 0.6) is 5.75 Å². The van der Waals surface area contributed by atoms with Gasteiger partial charge in [-0.3, -0.25) is 4.79 Å². The first-order chi connectivity index (χ1) is 9.11. The van der Waals surface area contributed by atoms with Crippen LogP contribution in [0.15, 0.2) is 36.5 Å². The summed E-state index contributed by atoms with van der Waals surface area (Å²) in [6.07, 6.45) is 1.56. The highest BCUT2D eigenvalue weighted by Gasteiger charge is 2.11. The Bertz CT molecular complexity index is 617. The number of halogens is 2. The van der Waals surface area contributed by atoms with Crippen LogP contribution in [0.1, 0.15) is 10.4 Å². The van der Waals surface area contributed by atoms with Crippen molar-refractivity contribution in [3.63, 3.8) is 0 Å². The fourth-order valence-electron chi connectivity index (χ4n) is 1.47. The number of hydrogen-bond acceptors (Lipinski definition) is 3. The maximum Gasteiger partial charge on any atom is 0.256 e. The van der Waals surface area contributed by atoms with Crippen LogP contribution in [-0.4, -0.2) is 18.0 Å². The van der Waals surface area contributed by atoms with Crippen molar-refractivity contribution in [3.8, 4) is 5.75 Å². The lowest BCUT2D eigenvalue weighted by Crippen LogP contribution is -2.13. The second kappa shape index (κ2) is 5.91. The van der Waals surface area contributed by atoms with E-state index in [9.17, 15) is 4.79 Å². The molecule has 0 saturated carbocycles. The summed E-state index contributed by atoms with van der Waals surface area (Å²) in [6, 6.07) is 8.06. The summed E-state index contributed by atoms with van der Waals surface area (Å²) < 4.78 is 5.10. The van der Waals surface area contributed by atoms with Gasteiger partial charge in [0.15, 0.2) is 11.6 Å². The van der Waals surface area contributed by atoms with Crippen LogP contribution in [0.4, 0.5) is 5.82 Å². The Labute approximate surface area is 120 Å². The minimum atomic E-state index is -0.337. The van der Waals surface area contributed by atoms with Gasteiger partial charge in [-0.15, -0.1) is 0 Å². The first-order valence-corrected chi connectivity index (χ1v) is 6.13. The van der Waals surface area contributed by atoms with Crippen molar-refractivity contribution < 1.29 is 9.53 Å². The Morgan fingerprint density at radius 1 is 1.26 bits per heavy atom. The third kappa shape index (κ3) is 3.16. The van der Waals surface area contributed by atoms with E-state index in [-0.39, 0.29) is 5.91 Å². The first kappa shape index (κ1) is 13.6. The number of nitrogens with one attached hydrogen (secondary N) is 1. The summed E-state index contributed by atoms with van der Waals surface area (Å²) in [5.74, 6) is 0.493. The van der Waals surface area contributed by atoms with Gasteiger partial charge >= 0.3 is 0 Å². The van der Waals surface area contributed by atoms with Crippen LogP contribution >= 0.6 is 23.2 Å². The summed E-state index contributed by atoms with van der Waals surface area (Å²) in [5.41, 5.74) is 0.391. The van der Waals surface area contributed by atoms with E-state index in [1.807, 2.05) is 0 Å². The van der Waals surface area contributed by atoms with Crippen molar-refractivity contribution in [3.05, 3.63) is 52.1 Å². The Balaban J connectivity index is 2.23. The second-order valence-electron chi connectivity index (χ2n) is 3.64. The van der Waals surface area contributed by atoms with Gasteiger partial charge in [-0.2, -0.15) is 0 Å². The Morgan fingerprint density at radius 3 is 2.74 bits per heavy atom. The summed E-state index contributed by atoms with van der Waals surface area (Å²) in [5, 5.41) is 3.37. The molecule has 0 atom stereocenters. The average Bonchev–Trinajstić information content (AvgIpc) is 2.42. The molecule has 1 N–H and O–H groups in total. The molecule has 1 amide bonds. The van der Waals surface area contributed by atoms with Gasteiger partial charge in [0, 0.05) is 11.8 Å². The van der Waals surface area contributed by atoms with Crippen molar-refractivity contribution in [1.82, 2.24) is 4.98 Å². The first-order valence-electron chi connectivity index (χ1n) is 5.37. The number of carbonyl (C=O) groups excluding carboxylic acids is 1. The van der Waals surface area contributed by atoms with Crippen LogP contribution in [0.25, 0.3) is 0 Å². The van der Waals surface area contributed by atoms with Gasteiger partial charge in [-0.25, -0.2) is 4.98 Å². The number of pyridine rings is 1. The Kier molecular flexibility index (Phi) is 4.24. The minimum absolute atomic E-state index is 0.322. The zero-order valence-electron chi connectivity index (χ0n) is 9.98. The molecule has 0 spiro atoms. The summed E-state index contributed by atoms with van der Waals surface area (Å²) in [4.78, 5) is 16.1. The number of methoxy groups -OCH3 is 1. The van der Waals surface area contributed by atoms with Crippen LogP contribution in [0.2, 0.25) is 10.0 Å². The molecule has 0 aliphatic carbocycles. The quantitative estimate of drug-likeness (QED) is 0.940. The molecule has 0 radical (unpaired) electrons. The lowest BCUT2D eigenvalue weighted by Gasteiger charge is -2.08. The predicted octanol–water partition coefficient (Wildman–Crippen LogP) is 3.65. The van der Waals surface area contributed by atoms with Crippen LogP contribution in [0, 0.1) is 0 Å². The molecule has 98 valence electrons. The summed E-state index contributed by atoms with van der Waals surface area (Å²) in [6.45, 7) is 0. The molecule has 1 aromatic heterocycles. The van der Waals surface area contributed by atoms with Gasteiger partial charge in [-0.05, 0) is 30.3 Å². The predicted molar refractivity (Wildman–Crippen MR) is 75.2 cm³/mol. The largest absolute Gasteiger partial charge is 0.493 e. The van der Waals surface area contributed by atoms with Gasteiger partial charge < -0.3 is 10.1 Å². The average molecular weight is 297 g/mol. The molecular weight excluding hydrogens is 287 g/mol. The van der Waals surface area contributed by atoms with Crippen LogP contribution in [-0.2, 0) is 0 Å². The van der Waals surface area contributed by atoms with E-state index < -0.39 is 0 Å². The SMILES string of the molecule is COc1cccnc1NC(=O)c1ccc(Cl)c(Cl)c1. The van der Waals surface area contributed by atoms with Crippen molar-refractivity contribution in [2.75, 3.05) is 12.4 Å². The van der Waals surface area contributed by atoms with E-state index in [1.165, 1.54) is 13.2 Å². The van der Waals surface area contributed by atoms with Crippen molar-refractivity contribution >= 4 is 34.9 Å². The van der Waals surface area contributed by atoms with E-state index in [4.69, 9.17) is 27.9 Å². The third-order valence-electron chi connectivity index (χ3n) is 2.40. The third-order valence-corrected chi connectivity index (χ3v) is 3.14. The highest BCUT2D eigenvalue weighted by atomic mass is 35.5. The van der Waals surface area contributed by atoms with E-state index in [0.717, 1.165) is 0 Å². The molecule has 0 aliphatic heterocycles. The Hall–Kier alpha value is -1.78. The fourth-order valence-corrected chi connectivity index (χ4v) is 1.76. The van der Waals surface area contributed by atoms with Gasteiger partial charge in [0.25, 0.3) is 5.91 Å². The molecule has 2 aromatic rings. The van der Waals surface area contributed by atoms with E-state index in [0.29, 0.717) is 27.2 Å². The molecule has 0 bridgehead atoms. The van der Waals surface area contributed by atoms with E-state index in [2.05, 4.69) is 10.3 Å². The number of aromatic nitrogens is 1. The van der Waals surface area contributed by atoms with Crippen molar-refractivity contribution in [2.45, 2.75) is 0 Å². The van der Waals surface area contributed by atoms with E-state index in [1.54, 1.807) is 30.5 Å². The lowest BCUT2D eigenvalue weighted by atomic mass is 10.2. The van der Waals surface area contributed by atoms with Gasteiger partial charge in [0.2, 0.25) is 0 Å². The molecule has 0 fully saturated rings. The summed E-state index contributed by atoms with van der Waals surface area (Å²) in [7, 11) is 1.51. The number of anilines is 1. The molecule has 0 unspecified atom stereocenters. The molecular formula is C13H10Cl2N2O2. The Morgan fingerprint density at radius 2 is 2.05 bits per heavy atom. The number of carbonyl (C=O) groups is 1. The molecule has 1 heterocycles. The highest BCUT2D eigenvalue weighted by Crippen LogP contribution is 2.24. The molecule has 6 heteroatoms. The smallest absolute Gasteiger partial charge is 0.256 e. The van der Waals surface area contributed by atoms with Crippen LogP contribution in [0.3, 0.4) is 0 Å². The molecule has 19 heavy (non-hydrogen) atoms. The lowest BCUT2D eigenvalue weighted by molar-refractivity contribution is 0.102. The summed E-state index contributed by atoms with van der Waals surface area (Å²) >= 11 is 11.7. The van der Waals surface area contributed by atoms with E-state index >= 15 is 0 Å². The minimum Gasteiger partial charge on any atom is -0.493 e. The molecule has 2 rings (SSSR count). The van der Waals surface area contributed by atoms with Crippen LogP contribution < -0.4 is 10.1 Å². The highest BCUT2D eigenvalue weighted by molar-refractivity contribution is 6.42. The number of benzene rings is 1. The van der Waals surface area contributed by atoms with Crippen molar-refractivity contribution in [2.24, 2.45) is 0 Å². The topological polar surface area (TPSA) is 51.2 Å². The second-order valence-corrected chi connectivity index (χ2v) is 4.45. The molecule has 0 saturated heterocycles. The standard InChI is InChI=1S/C13H10Cl2N2O2/c1-19-11-3-2-6-16-12(11)17-13(18)8-4-5-9(14)10(15)7-8/h2-7H,1H3,(H,16,17,18).